The standard InChI is InChI=1S/C17H14ClN3O3S2/c18-15-6-5-12(21(22)23)9-16(15)19-17(25)20(10-13-3-1-7-24-13)11-14-4-2-8-26-14/h1-9H,10-11H2,(H,19,25). The van der Waals surface area contributed by atoms with E-state index in [1.807, 2.05) is 34.5 Å². The number of thiocarbonyl (C=S) groups is 1. The highest BCUT2D eigenvalue weighted by Crippen LogP contribution is 2.27. The van der Waals surface area contributed by atoms with Gasteiger partial charge < -0.3 is 14.6 Å². The third-order valence-electron chi connectivity index (χ3n) is 3.54. The Balaban J connectivity index is 1.80. The molecule has 0 fully saturated rings. The van der Waals surface area contributed by atoms with Gasteiger partial charge in [-0.3, -0.25) is 10.1 Å². The number of furan rings is 1. The van der Waals surface area contributed by atoms with Crippen molar-refractivity contribution in [2.45, 2.75) is 13.1 Å². The van der Waals surface area contributed by atoms with Crippen molar-refractivity contribution in [2.24, 2.45) is 0 Å². The van der Waals surface area contributed by atoms with Crippen molar-refractivity contribution in [1.82, 2.24) is 4.90 Å². The average molecular weight is 408 g/mol. The van der Waals surface area contributed by atoms with Gasteiger partial charge in [0.05, 0.1) is 35.0 Å². The second-order valence-electron chi connectivity index (χ2n) is 5.37. The van der Waals surface area contributed by atoms with Gasteiger partial charge in [-0.05, 0) is 41.9 Å². The fourth-order valence-corrected chi connectivity index (χ4v) is 3.42. The van der Waals surface area contributed by atoms with Gasteiger partial charge in [0.2, 0.25) is 0 Å². The van der Waals surface area contributed by atoms with Gasteiger partial charge in [-0.25, -0.2) is 0 Å². The molecule has 0 unspecified atom stereocenters. The van der Waals surface area contributed by atoms with Crippen molar-refractivity contribution in [3.8, 4) is 0 Å². The number of nitro benzene ring substituents is 1. The van der Waals surface area contributed by atoms with Crippen LogP contribution in [-0.4, -0.2) is 14.9 Å². The molecule has 9 heteroatoms. The number of nitro groups is 1. The highest BCUT2D eigenvalue weighted by molar-refractivity contribution is 7.80. The number of hydrogen-bond acceptors (Lipinski definition) is 5. The molecule has 0 aliphatic heterocycles. The van der Waals surface area contributed by atoms with Crippen molar-refractivity contribution in [3.05, 3.63) is 79.9 Å². The predicted molar refractivity (Wildman–Crippen MR) is 107 cm³/mol. The van der Waals surface area contributed by atoms with Crippen LogP contribution in [0.2, 0.25) is 5.02 Å². The summed E-state index contributed by atoms with van der Waals surface area (Å²) in [5.41, 5.74) is 0.331. The number of nitrogens with zero attached hydrogens (tertiary/aromatic N) is 2. The molecule has 3 rings (SSSR count). The second kappa shape index (κ2) is 8.31. The highest BCUT2D eigenvalue weighted by Gasteiger charge is 2.16. The molecule has 0 aliphatic carbocycles. The van der Waals surface area contributed by atoms with Crippen molar-refractivity contribution < 1.29 is 9.34 Å². The molecule has 0 saturated heterocycles. The Bertz CT molecular complexity index is 862. The summed E-state index contributed by atoms with van der Waals surface area (Å²) >= 11 is 13.3. The van der Waals surface area contributed by atoms with E-state index in [0.717, 1.165) is 10.6 Å². The first-order valence-corrected chi connectivity index (χ1v) is 9.24. The first kappa shape index (κ1) is 18.4. The number of thiophene rings is 1. The van der Waals surface area contributed by atoms with E-state index in [2.05, 4.69) is 5.32 Å². The van der Waals surface area contributed by atoms with Crippen LogP contribution in [0, 0.1) is 10.1 Å². The molecule has 1 N–H and O–H groups in total. The summed E-state index contributed by atoms with van der Waals surface area (Å²) in [6.45, 7) is 1.04. The molecule has 0 amide bonds. The Morgan fingerprint density at radius 2 is 2.15 bits per heavy atom. The summed E-state index contributed by atoms with van der Waals surface area (Å²) in [5, 5.41) is 16.8. The van der Waals surface area contributed by atoms with Crippen LogP contribution >= 0.6 is 35.2 Å². The van der Waals surface area contributed by atoms with Gasteiger partial charge in [-0.15, -0.1) is 11.3 Å². The summed E-state index contributed by atoms with van der Waals surface area (Å²) in [6.07, 6.45) is 1.60. The van der Waals surface area contributed by atoms with Crippen LogP contribution in [0.25, 0.3) is 0 Å². The number of halogens is 1. The molecule has 134 valence electrons. The smallest absolute Gasteiger partial charge is 0.271 e. The van der Waals surface area contributed by atoms with E-state index in [-0.39, 0.29) is 5.69 Å². The van der Waals surface area contributed by atoms with Crippen LogP contribution in [0.15, 0.2) is 58.5 Å². The lowest BCUT2D eigenvalue weighted by molar-refractivity contribution is -0.384. The maximum atomic E-state index is 11.0. The van der Waals surface area contributed by atoms with Crippen molar-refractivity contribution in [2.75, 3.05) is 5.32 Å². The number of nitrogens with one attached hydrogen (secondary N) is 1. The summed E-state index contributed by atoms with van der Waals surface area (Å²) in [7, 11) is 0. The molecule has 2 heterocycles. The number of benzene rings is 1. The van der Waals surface area contributed by atoms with Crippen molar-refractivity contribution in [1.29, 1.82) is 0 Å². The van der Waals surface area contributed by atoms with E-state index in [4.69, 9.17) is 28.2 Å². The maximum absolute atomic E-state index is 11.0. The minimum absolute atomic E-state index is 0.0597. The van der Waals surface area contributed by atoms with Gasteiger partial charge >= 0.3 is 0 Å². The van der Waals surface area contributed by atoms with Gasteiger partial charge in [-0.2, -0.15) is 0 Å². The minimum atomic E-state index is -0.475. The average Bonchev–Trinajstić information content (AvgIpc) is 3.30. The minimum Gasteiger partial charge on any atom is -0.467 e. The highest BCUT2D eigenvalue weighted by atomic mass is 35.5. The summed E-state index contributed by atoms with van der Waals surface area (Å²) in [4.78, 5) is 13.6. The lowest BCUT2D eigenvalue weighted by atomic mass is 10.3. The van der Waals surface area contributed by atoms with Crippen molar-refractivity contribution in [3.63, 3.8) is 0 Å². The zero-order valence-corrected chi connectivity index (χ0v) is 15.8. The van der Waals surface area contributed by atoms with Crippen LogP contribution in [0.5, 0.6) is 0 Å². The monoisotopic (exact) mass is 407 g/mol. The first-order chi connectivity index (χ1) is 12.5. The van der Waals surface area contributed by atoms with Gasteiger partial charge in [-0.1, -0.05) is 17.7 Å². The van der Waals surface area contributed by atoms with E-state index >= 15 is 0 Å². The van der Waals surface area contributed by atoms with E-state index in [1.165, 1.54) is 18.2 Å². The summed E-state index contributed by atoms with van der Waals surface area (Å²) in [5.74, 6) is 0.760. The maximum Gasteiger partial charge on any atom is 0.271 e. The molecule has 0 radical (unpaired) electrons. The van der Waals surface area contributed by atoms with E-state index in [9.17, 15) is 10.1 Å². The number of non-ortho nitro benzene ring substituents is 1. The van der Waals surface area contributed by atoms with E-state index < -0.39 is 4.92 Å². The van der Waals surface area contributed by atoms with Crippen LogP contribution in [0.1, 0.15) is 10.6 Å². The largest absolute Gasteiger partial charge is 0.467 e. The Morgan fingerprint density at radius 3 is 2.81 bits per heavy atom. The Hall–Kier alpha value is -2.42. The predicted octanol–water partition coefficient (Wildman–Crippen LogP) is 5.30. The summed E-state index contributed by atoms with van der Waals surface area (Å²) in [6, 6.07) is 11.9. The van der Waals surface area contributed by atoms with Gasteiger partial charge in [0.1, 0.15) is 5.76 Å². The molecule has 26 heavy (non-hydrogen) atoms. The van der Waals surface area contributed by atoms with Gasteiger partial charge in [0.15, 0.2) is 5.11 Å². The van der Waals surface area contributed by atoms with Crippen LogP contribution in [0.3, 0.4) is 0 Å². The third-order valence-corrected chi connectivity index (χ3v) is 5.09. The number of hydrogen-bond donors (Lipinski definition) is 1. The van der Waals surface area contributed by atoms with E-state index in [1.54, 1.807) is 17.6 Å². The molecule has 0 saturated carbocycles. The molecule has 1 aromatic carbocycles. The molecular weight excluding hydrogens is 394 g/mol. The Kier molecular flexibility index (Phi) is 5.87. The second-order valence-corrected chi connectivity index (χ2v) is 7.19. The van der Waals surface area contributed by atoms with Crippen molar-refractivity contribution >= 4 is 51.6 Å². The molecule has 0 aliphatic rings. The number of anilines is 1. The topological polar surface area (TPSA) is 71.6 Å². The molecule has 6 nitrogen and oxygen atoms in total. The van der Waals surface area contributed by atoms with Crippen LogP contribution in [-0.2, 0) is 13.1 Å². The molecule has 0 bridgehead atoms. The normalized spacial score (nSPS) is 10.5. The zero-order valence-electron chi connectivity index (χ0n) is 13.4. The SMILES string of the molecule is O=[N+]([O-])c1ccc(Cl)c(NC(=S)N(Cc2ccco2)Cc2cccs2)c1. The first-order valence-electron chi connectivity index (χ1n) is 7.57. The summed E-state index contributed by atoms with van der Waals surface area (Å²) < 4.78 is 5.42. The molecule has 3 aromatic rings. The zero-order chi connectivity index (χ0) is 18.5. The Morgan fingerprint density at radius 1 is 1.31 bits per heavy atom. The fourth-order valence-electron chi connectivity index (χ4n) is 2.30. The lowest BCUT2D eigenvalue weighted by Crippen LogP contribution is -2.33. The lowest BCUT2D eigenvalue weighted by Gasteiger charge is -2.24. The van der Waals surface area contributed by atoms with Crippen LogP contribution in [0.4, 0.5) is 11.4 Å². The quantitative estimate of drug-likeness (QED) is 0.339. The molecule has 2 aromatic heterocycles. The molecule has 0 atom stereocenters. The van der Waals surface area contributed by atoms with Gasteiger partial charge in [0.25, 0.3) is 5.69 Å². The Labute approximate surface area is 164 Å². The molecular formula is C17H14ClN3O3S2. The number of rotatable bonds is 6. The fraction of sp³-hybridized carbons (Fsp3) is 0.118. The van der Waals surface area contributed by atoms with Gasteiger partial charge in [0, 0.05) is 17.0 Å². The third kappa shape index (κ3) is 4.60. The van der Waals surface area contributed by atoms with E-state index in [0.29, 0.717) is 28.9 Å². The molecule has 0 spiro atoms. The van der Waals surface area contributed by atoms with Crippen LogP contribution < -0.4 is 5.32 Å².